The first-order valence-corrected chi connectivity index (χ1v) is 10.4. The third-order valence-electron chi connectivity index (χ3n) is 4.37. The second-order valence-electron chi connectivity index (χ2n) is 6.63. The largest absolute Gasteiger partial charge is 0.497 e. The molecular weight excluding hydrogens is 388 g/mol. The van der Waals surface area contributed by atoms with Gasteiger partial charge in [-0.25, -0.2) is 8.42 Å². The molecule has 0 aliphatic rings. The van der Waals surface area contributed by atoms with Gasteiger partial charge in [0.1, 0.15) is 5.75 Å². The summed E-state index contributed by atoms with van der Waals surface area (Å²) in [5.74, 6) is 0.337. The van der Waals surface area contributed by atoms with Crippen molar-refractivity contribution in [2.75, 3.05) is 17.1 Å². The predicted octanol–water partition coefficient (Wildman–Crippen LogP) is 4.37. The highest BCUT2D eigenvalue weighted by molar-refractivity contribution is 7.92. The number of nitrogens with one attached hydrogen (secondary N) is 2. The molecule has 0 aliphatic carbocycles. The number of benzene rings is 3. The maximum Gasteiger partial charge on any atom is 0.261 e. The number of methoxy groups -OCH3 is 1. The summed E-state index contributed by atoms with van der Waals surface area (Å²) in [7, 11) is -2.27. The molecule has 0 radical (unpaired) electrons. The van der Waals surface area contributed by atoms with Gasteiger partial charge in [-0.15, -0.1) is 0 Å². The van der Waals surface area contributed by atoms with Crippen LogP contribution >= 0.6 is 0 Å². The number of anilines is 2. The van der Waals surface area contributed by atoms with Crippen LogP contribution in [0.5, 0.6) is 5.75 Å². The van der Waals surface area contributed by atoms with Crippen LogP contribution in [-0.2, 0) is 10.0 Å². The summed E-state index contributed by atoms with van der Waals surface area (Å²) in [6, 6.07) is 18.2. The number of rotatable bonds is 6. The number of hydrogen-bond donors (Lipinski definition) is 2. The van der Waals surface area contributed by atoms with Crippen molar-refractivity contribution in [3.63, 3.8) is 0 Å². The molecule has 150 valence electrons. The Labute approximate surface area is 170 Å². The number of hydrogen-bond acceptors (Lipinski definition) is 4. The van der Waals surface area contributed by atoms with Gasteiger partial charge in [0.15, 0.2) is 0 Å². The molecule has 0 saturated carbocycles. The fraction of sp³-hybridized carbons (Fsp3) is 0.136. The standard InChI is InChI=1S/C22H22N2O4S/c1-15-7-12-21(16(2)13-15)22(25)23-18-5-4-6-20(14-18)29(26,27)24-17-8-10-19(28-3)11-9-17/h4-14,24H,1-3H3,(H,23,25). The van der Waals surface area contributed by atoms with E-state index < -0.39 is 10.0 Å². The molecule has 0 aliphatic heterocycles. The van der Waals surface area contributed by atoms with Crippen LogP contribution in [0.2, 0.25) is 0 Å². The number of carbonyl (C=O) groups excluding carboxylic acids is 1. The quantitative estimate of drug-likeness (QED) is 0.632. The number of ether oxygens (including phenoxy) is 1. The lowest BCUT2D eigenvalue weighted by atomic mass is 10.1. The van der Waals surface area contributed by atoms with Crippen LogP contribution in [0, 0.1) is 13.8 Å². The van der Waals surface area contributed by atoms with Crippen molar-refractivity contribution >= 4 is 27.3 Å². The van der Waals surface area contributed by atoms with Crippen molar-refractivity contribution < 1.29 is 17.9 Å². The monoisotopic (exact) mass is 410 g/mol. The number of carbonyl (C=O) groups is 1. The van der Waals surface area contributed by atoms with E-state index >= 15 is 0 Å². The van der Waals surface area contributed by atoms with E-state index in [1.807, 2.05) is 26.0 Å². The third-order valence-corrected chi connectivity index (χ3v) is 5.75. The maximum absolute atomic E-state index is 12.7. The van der Waals surface area contributed by atoms with Gasteiger partial charge in [-0.1, -0.05) is 23.8 Å². The van der Waals surface area contributed by atoms with Gasteiger partial charge in [0.25, 0.3) is 15.9 Å². The highest BCUT2D eigenvalue weighted by atomic mass is 32.2. The highest BCUT2D eigenvalue weighted by Gasteiger charge is 2.16. The Balaban J connectivity index is 1.79. The van der Waals surface area contributed by atoms with Crippen LogP contribution in [0.1, 0.15) is 21.5 Å². The lowest BCUT2D eigenvalue weighted by Crippen LogP contribution is -2.15. The summed E-state index contributed by atoms with van der Waals surface area (Å²) >= 11 is 0. The zero-order valence-electron chi connectivity index (χ0n) is 16.4. The van der Waals surface area contributed by atoms with Gasteiger partial charge in [-0.05, 0) is 67.9 Å². The smallest absolute Gasteiger partial charge is 0.261 e. The first kappa shape index (κ1) is 20.4. The molecule has 0 heterocycles. The molecule has 0 aromatic heterocycles. The molecule has 0 atom stereocenters. The molecule has 0 bridgehead atoms. The van der Waals surface area contributed by atoms with E-state index in [-0.39, 0.29) is 10.8 Å². The molecule has 3 aromatic carbocycles. The van der Waals surface area contributed by atoms with Crippen LogP contribution in [0.15, 0.2) is 71.6 Å². The van der Waals surface area contributed by atoms with Crippen molar-refractivity contribution in [1.29, 1.82) is 0 Å². The van der Waals surface area contributed by atoms with Crippen LogP contribution in [-0.4, -0.2) is 21.4 Å². The lowest BCUT2D eigenvalue weighted by Gasteiger charge is -2.11. The van der Waals surface area contributed by atoms with Crippen molar-refractivity contribution in [2.24, 2.45) is 0 Å². The SMILES string of the molecule is COc1ccc(NS(=O)(=O)c2cccc(NC(=O)c3ccc(C)cc3C)c2)cc1. The molecule has 0 spiro atoms. The van der Waals surface area contributed by atoms with Crippen LogP contribution < -0.4 is 14.8 Å². The molecule has 6 nitrogen and oxygen atoms in total. The zero-order chi connectivity index (χ0) is 21.0. The summed E-state index contributed by atoms with van der Waals surface area (Å²) in [6.45, 7) is 3.82. The lowest BCUT2D eigenvalue weighted by molar-refractivity contribution is 0.102. The maximum atomic E-state index is 12.7. The van der Waals surface area contributed by atoms with Crippen LogP contribution in [0.25, 0.3) is 0 Å². The summed E-state index contributed by atoms with van der Waals surface area (Å²) < 4.78 is 33.0. The molecule has 3 rings (SSSR count). The third kappa shape index (κ3) is 4.94. The van der Waals surface area contributed by atoms with E-state index in [2.05, 4.69) is 10.0 Å². The summed E-state index contributed by atoms with van der Waals surface area (Å²) in [5, 5.41) is 2.76. The molecule has 29 heavy (non-hydrogen) atoms. The fourth-order valence-electron chi connectivity index (χ4n) is 2.88. The first-order valence-electron chi connectivity index (χ1n) is 8.94. The Hall–Kier alpha value is -3.32. The average Bonchev–Trinajstić information content (AvgIpc) is 2.68. The minimum absolute atomic E-state index is 0.0479. The molecule has 3 aromatic rings. The first-order chi connectivity index (χ1) is 13.8. The van der Waals surface area contributed by atoms with E-state index in [1.54, 1.807) is 42.5 Å². The van der Waals surface area contributed by atoms with E-state index in [0.29, 0.717) is 22.7 Å². The predicted molar refractivity (Wildman–Crippen MR) is 114 cm³/mol. The van der Waals surface area contributed by atoms with E-state index in [0.717, 1.165) is 11.1 Å². The van der Waals surface area contributed by atoms with Gasteiger partial charge in [-0.2, -0.15) is 0 Å². The van der Waals surface area contributed by atoms with Crippen LogP contribution in [0.3, 0.4) is 0 Å². The van der Waals surface area contributed by atoms with Crippen LogP contribution in [0.4, 0.5) is 11.4 Å². The average molecular weight is 410 g/mol. The minimum Gasteiger partial charge on any atom is -0.497 e. The Bertz CT molecular complexity index is 1140. The summed E-state index contributed by atoms with van der Waals surface area (Å²) in [5.41, 5.74) is 3.27. The van der Waals surface area contributed by atoms with Crippen molar-refractivity contribution in [3.05, 3.63) is 83.4 Å². The minimum atomic E-state index is -3.81. The highest BCUT2D eigenvalue weighted by Crippen LogP contribution is 2.22. The summed E-state index contributed by atoms with van der Waals surface area (Å²) in [6.07, 6.45) is 0. The van der Waals surface area contributed by atoms with Gasteiger partial charge < -0.3 is 10.1 Å². The van der Waals surface area contributed by atoms with Gasteiger partial charge >= 0.3 is 0 Å². The van der Waals surface area contributed by atoms with E-state index in [4.69, 9.17) is 4.74 Å². The zero-order valence-corrected chi connectivity index (χ0v) is 17.2. The molecule has 0 fully saturated rings. The van der Waals surface area contributed by atoms with Crippen molar-refractivity contribution in [2.45, 2.75) is 18.7 Å². The Kier molecular flexibility index (Phi) is 5.89. The Morgan fingerprint density at radius 1 is 0.897 bits per heavy atom. The van der Waals surface area contributed by atoms with E-state index in [1.165, 1.54) is 19.2 Å². The second-order valence-corrected chi connectivity index (χ2v) is 8.32. The molecule has 1 amide bonds. The van der Waals surface area contributed by atoms with Gasteiger partial charge in [0.2, 0.25) is 0 Å². The van der Waals surface area contributed by atoms with Crippen molar-refractivity contribution in [1.82, 2.24) is 0 Å². The van der Waals surface area contributed by atoms with Gasteiger partial charge in [-0.3, -0.25) is 9.52 Å². The number of aryl methyl sites for hydroxylation is 2. The van der Waals surface area contributed by atoms with E-state index in [9.17, 15) is 13.2 Å². The fourth-order valence-corrected chi connectivity index (χ4v) is 3.99. The molecule has 2 N–H and O–H groups in total. The topological polar surface area (TPSA) is 84.5 Å². The Morgan fingerprint density at radius 3 is 2.28 bits per heavy atom. The second kappa shape index (κ2) is 8.36. The number of amides is 1. The summed E-state index contributed by atoms with van der Waals surface area (Å²) in [4.78, 5) is 12.6. The van der Waals surface area contributed by atoms with Crippen molar-refractivity contribution in [3.8, 4) is 5.75 Å². The normalized spacial score (nSPS) is 11.0. The molecular formula is C22H22N2O4S. The van der Waals surface area contributed by atoms with Gasteiger partial charge in [0, 0.05) is 16.9 Å². The Morgan fingerprint density at radius 2 is 1.62 bits per heavy atom. The molecule has 0 unspecified atom stereocenters. The number of sulfonamides is 1. The molecule has 0 saturated heterocycles. The van der Waals surface area contributed by atoms with Gasteiger partial charge in [0.05, 0.1) is 12.0 Å². The molecule has 7 heteroatoms.